The zero-order valence-corrected chi connectivity index (χ0v) is 10.7. The average Bonchev–Trinajstić information content (AvgIpc) is 2.81. The molecular formula is C12H19F3N2O2. The number of hydrogen-bond acceptors (Lipinski definition) is 3. The summed E-state index contributed by atoms with van der Waals surface area (Å²) in [6.45, 7) is 0.979. The highest BCUT2D eigenvalue weighted by molar-refractivity contribution is 5.76. The molecule has 0 aliphatic carbocycles. The van der Waals surface area contributed by atoms with E-state index in [9.17, 15) is 18.0 Å². The van der Waals surface area contributed by atoms with Gasteiger partial charge in [-0.2, -0.15) is 13.2 Å². The Morgan fingerprint density at radius 2 is 2.16 bits per heavy atom. The van der Waals surface area contributed by atoms with E-state index in [1.807, 2.05) is 4.90 Å². The molecule has 2 aliphatic heterocycles. The second-order valence-corrected chi connectivity index (χ2v) is 5.13. The van der Waals surface area contributed by atoms with Crippen LogP contribution in [0.15, 0.2) is 0 Å². The van der Waals surface area contributed by atoms with E-state index in [-0.39, 0.29) is 25.0 Å². The van der Waals surface area contributed by atoms with Gasteiger partial charge in [0.2, 0.25) is 5.91 Å². The predicted octanol–water partition coefficient (Wildman–Crippen LogP) is 1.17. The number of nitrogens with one attached hydrogen (secondary N) is 1. The molecular weight excluding hydrogens is 261 g/mol. The molecule has 0 radical (unpaired) electrons. The smallest absolute Gasteiger partial charge is 0.372 e. The van der Waals surface area contributed by atoms with Crippen molar-refractivity contribution in [3.05, 3.63) is 0 Å². The van der Waals surface area contributed by atoms with Crippen molar-refractivity contribution in [3.63, 3.8) is 0 Å². The third-order valence-electron chi connectivity index (χ3n) is 3.72. The summed E-state index contributed by atoms with van der Waals surface area (Å²) in [5.41, 5.74) is 0. The normalized spacial score (nSPS) is 27.4. The minimum atomic E-state index is -4.32. The molecule has 7 heteroatoms. The molecule has 2 atom stereocenters. The molecule has 2 heterocycles. The molecule has 2 fully saturated rings. The average molecular weight is 280 g/mol. The number of amides is 1. The van der Waals surface area contributed by atoms with E-state index in [2.05, 4.69) is 10.1 Å². The van der Waals surface area contributed by atoms with Crippen LogP contribution in [-0.2, 0) is 9.53 Å². The molecule has 0 bridgehead atoms. The summed E-state index contributed by atoms with van der Waals surface area (Å²) in [7, 11) is 0. The number of alkyl halides is 3. The van der Waals surface area contributed by atoms with Crippen LogP contribution in [0.4, 0.5) is 13.2 Å². The molecule has 0 aromatic carbocycles. The van der Waals surface area contributed by atoms with Gasteiger partial charge in [-0.15, -0.1) is 0 Å². The lowest BCUT2D eigenvalue weighted by atomic mass is 9.92. The van der Waals surface area contributed by atoms with Crippen molar-refractivity contribution < 1.29 is 22.7 Å². The third kappa shape index (κ3) is 4.07. The van der Waals surface area contributed by atoms with Crippen LogP contribution in [0.25, 0.3) is 0 Å². The molecule has 2 rings (SSSR count). The highest BCUT2D eigenvalue weighted by Crippen LogP contribution is 2.26. The molecule has 0 saturated carbocycles. The van der Waals surface area contributed by atoms with Gasteiger partial charge in [0.25, 0.3) is 0 Å². The maximum Gasteiger partial charge on any atom is 0.411 e. The molecule has 110 valence electrons. The van der Waals surface area contributed by atoms with Gasteiger partial charge in [-0.25, -0.2) is 0 Å². The summed E-state index contributed by atoms with van der Waals surface area (Å²) in [6.07, 6.45) is -2.21. The topological polar surface area (TPSA) is 41.6 Å². The first-order valence-corrected chi connectivity index (χ1v) is 6.62. The number of likely N-dealkylation sites (tertiary alicyclic amines) is 1. The van der Waals surface area contributed by atoms with Gasteiger partial charge in [-0.3, -0.25) is 4.79 Å². The van der Waals surface area contributed by atoms with Crippen LogP contribution < -0.4 is 5.32 Å². The fraction of sp³-hybridized carbons (Fsp3) is 0.917. The lowest BCUT2D eigenvalue weighted by Crippen LogP contribution is -2.48. The molecule has 0 aromatic rings. The zero-order valence-electron chi connectivity index (χ0n) is 10.7. The standard InChI is InChI=1S/C12H19F3N2O2/c13-12(14,15)8-19-5-3-11(18)17-4-1-2-9-6-16-7-10(9)17/h9-10,16H,1-8H2. The molecule has 19 heavy (non-hydrogen) atoms. The van der Waals surface area contributed by atoms with Crippen molar-refractivity contribution in [3.8, 4) is 0 Å². The van der Waals surface area contributed by atoms with Gasteiger partial charge in [-0.1, -0.05) is 0 Å². The van der Waals surface area contributed by atoms with Gasteiger partial charge in [-0.05, 0) is 18.8 Å². The summed E-state index contributed by atoms with van der Waals surface area (Å²) in [6, 6.07) is 0.212. The largest absolute Gasteiger partial charge is 0.411 e. The maximum atomic E-state index is 12.0. The Morgan fingerprint density at radius 3 is 2.89 bits per heavy atom. The minimum Gasteiger partial charge on any atom is -0.372 e. The van der Waals surface area contributed by atoms with E-state index >= 15 is 0 Å². The predicted molar refractivity (Wildman–Crippen MR) is 62.6 cm³/mol. The first kappa shape index (κ1) is 14.6. The Balaban J connectivity index is 1.73. The summed E-state index contributed by atoms with van der Waals surface area (Å²) in [4.78, 5) is 13.8. The third-order valence-corrected chi connectivity index (χ3v) is 3.72. The number of nitrogens with zero attached hydrogens (tertiary/aromatic N) is 1. The lowest BCUT2D eigenvalue weighted by molar-refractivity contribution is -0.175. The van der Waals surface area contributed by atoms with Crippen molar-refractivity contribution in [1.29, 1.82) is 0 Å². The van der Waals surface area contributed by atoms with Crippen molar-refractivity contribution >= 4 is 5.91 Å². The summed E-state index contributed by atoms with van der Waals surface area (Å²) >= 11 is 0. The number of rotatable bonds is 4. The Labute approximate surface area is 110 Å². The number of ether oxygens (including phenoxy) is 1. The van der Waals surface area contributed by atoms with Gasteiger partial charge >= 0.3 is 6.18 Å². The number of halogens is 3. The number of carbonyl (C=O) groups excluding carboxylic acids is 1. The SMILES string of the molecule is O=C(CCOCC(F)(F)F)N1CCCC2CNCC21. The van der Waals surface area contributed by atoms with E-state index in [1.54, 1.807) is 0 Å². The molecule has 0 spiro atoms. The maximum absolute atomic E-state index is 12.0. The first-order chi connectivity index (χ1) is 8.97. The number of fused-ring (bicyclic) bond motifs is 1. The second-order valence-electron chi connectivity index (χ2n) is 5.13. The summed E-state index contributed by atoms with van der Waals surface area (Å²) in [5, 5.41) is 3.26. The number of carbonyl (C=O) groups is 1. The summed E-state index contributed by atoms with van der Waals surface area (Å²) < 4.78 is 40.1. The van der Waals surface area contributed by atoms with E-state index < -0.39 is 12.8 Å². The van der Waals surface area contributed by atoms with Gasteiger partial charge in [0.1, 0.15) is 6.61 Å². The Morgan fingerprint density at radius 1 is 1.37 bits per heavy atom. The lowest BCUT2D eigenvalue weighted by Gasteiger charge is -2.37. The fourth-order valence-electron chi connectivity index (χ4n) is 2.87. The Bertz CT molecular complexity index is 323. The summed E-state index contributed by atoms with van der Waals surface area (Å²) in [5.74, 6) is 0.398. The van der Waals surface area contributed by atoms with Crippen LogP contribution >= 0.6 is 0 Å². The van der Waals surface area contributed by atoms with Crippen molar-refractivity contribution in [2.75, 3.05) is 32.8 Å². The zero-order chi connectivity index (χ0) is 13.9. The highest BCUT2D eigenvalue weighted by Gasteiger charge is 2.37. The highest BCUT2D eigenvalue weighted by atomic mass is 19.4. The van der Waals surface area contributed by atoms with Crippen LogP contribution in [0, 0.1) is 5.92 Å². The van der Waals surface area contributed by atoms with Gasteiger partial charge in [0.05, 0.1) is 13.0 Å². The molecule has 2 aliphatic rings. The number of piperidine rings is 1. The molecule has 2 saturated heterocycles. The van der Waals surface area contributed by atoms with E-state index in [4.69, 9.17) is 0 Å². The van der Waals surface area contributed by atoms with Gasteiger partial charge < -0.3 is 15.0 Å². The molecule has 1 amide bonds. The van der Waals surface area contributed by atoms with Crippen molar-refractivity contribution in [2.24, 2.45) is 5.92 Å². The van der Waals surface area contributed by atoms with Crippen molar-refractivity contribution in [1.82, 2.24) is 10.2 Å². The fourth-order valence-corrected chi connectivity index (χ4v) is 2.87. The molecule has 0 aromatic heterocycles. The van der Waals surface area contributed by atoms with Crippen LogP contribution in [-0.4, -0.2) is 55.9 Å². The van der Waals surface area contributed by atoms with E-state index in [1.165, 1.54) is 0 Å². The first-order valence-electron chi connectivity index (χ1n) is 6.62. The number of hydrogen-bond donors (Lipinski definition) is 1. The van der Waals surface area contributed by atoms with E-state index in [0.717, 1.165) is 25.9 Å². The van der Waals surface area contributed by atoms with Crippen LogP contribution in [0.5, 0.6) is 0 Å². The second kappa shape index (κ2) is 6.09. The molecule has 1 N–H and O–H groups in total. The quantitative estimate of drug-likeness (QED) is 0.786. The van der Waals surface area contributed by atoms with Gasteiger partial charge in [0, 0.05) is 25.7 Å². The minimum absolute atomic E-state index is 0.0271. The molecule has 2 unspecified atom stereocenters. The van der Waals surface area contributed by atoms with Crippen LogP contribution in [0.3, 0.4) is 0 Å². The van der Waals surface area contributed by atoms with Crippen LogP contribution in [0.1, 0.15) is 19.3 Å². The van der Waals surface area contributed by atoms with E-state index in [0.29, 0.717) is 12.5 Å². The Hall–Kier alpha value is -0.820. The molecule has 4 nitrogen and oxygen atoms in total. The monoisotopic (exact) mass is 280 g/mol. The Kier molecular flexibility index (Phi) is 4.67. The van der Waals surface area contributed by atoms with Crippen LogP contribution in [0.2, 0.25) is 0 Å². The van der Waals surface area contributed by atoms with Gasteiger partial charge in [0.15, 0.2) is 0 Å². The van der Waals surface area contributed by atoms with Crippen molar-refractivity contribution in [2.45, 2.75) is 31.5 Å².